The number of pyridine rings is 1. The number of nitrogens with zero attached hydrogens (tertiary/aromatic N) is 1. The van der Waals surface area contributed by atoms with Crippen LogP contribution in [0.2, 0.25) is 0 Å². The van der Waals surface area contributed by atoms with E-state index in [0.29, 0.717) is 0 Å². The smallest absolute Gasteiger partial charge is 0.0638 e. The summed E-state index contributed by atoms with van der Waals surface area (Å²) in [5, 5.41) is 0. The molecule has 0 saturated carbocycles. The summed E-state index contributed by atoms with van der Waals surface area (Å²) >= 11 is 1.77. The van der Waals surface area contributed by atoms with Crippen molar-refractivity contribution in [2.24, 2.45) is 0 Å². The lowest BCUT2D eigenvalue weighted by Gasteiger charge is -2.05. The second-order valence-corrected chi connectivity index (χ2v) is 5.25. The highest BCUT2D eigenvalue weighted by Gasteiger charge is 1.99. The van der Waals surface area contributed by atoms with E-state index in [1.54, 1.807) is 24.2 Å². The SMILES string of the molecule is Nc1cccc(CCCSc2ccncc2N)c1. The monoisotopic (exact) mass is 259 g/mol. The Kier molecular flexibility index (Phi) is 4.47. The van der Waals surface area contributed by atoms with Crippen LogP contribution in [-0.4, -0.2) is 10.7 Å². The molecule has 18 heavy (non-hydrogen) atoms. The zero-order valence-electron chi connectivity index (χ0n) is 10.2. The third kappa shape index (κ3) is 3.67. The molecule has 0 unspecified atom stereocenters. The van der Waals surface area contributed by atoms with Crippen molar-refractivity contribution in [3.05, 3.63) is 48.3 Å². The molecule has 2 aromatic rings. The molecule has 0 aliphatic rings. The molecule has 0 radical (unpaired) electrons. The van der Waals surface area contributed by atoms with Gasteiger partial charge in [0.15, 0.2) is 0 Å². The fourth-order valence-electron chi connectivity index (χ4n) is 1.73. The number of rotatable bonds is 5. The molecule has 2 rings (SSSR count). The average Bonchev–Trinajstić information content (AvgIpc) is 2.37. The van der Waals surface area contributed by atoms with E-state index in [2.05, 4.69) is 11.1 Å². The topological polar surface area (TPSA) is 64.9 Å². The number of aryl methyl sites for hydroxylation is 1. The van der Waals surface area contributed by atoms with Gasteiger partial charge in [0.2, 0.25) is 0 Å². The van der Waals surface area contributed by atoms with Gasteiger partial charge in [-0.3, -0.25) is 4.98 Å². The minimum atomic E-state index is 0.756. The molecule has 0 amide bonds. The number of hydrogen-bond donors (Lipinski definition) is 2. The first-order valence-electron chi connectivity index (χ1n) is 5.92. The molecular weight excluding hydrogens is 242 g/mol. The minimum Gasteiger partial charge on any atom is -0.399 e. The summed E-state index contributed by atoms with van der Waals surface area (Å²) in [7, 11) is 0. The van der Waals surface area contributed by atoms with Crippen LogP contribution in [0.25, 0.3) is 0 Å². The lowest BCUT2D eigenvalue weighted by molar-refractivity contribution is 0.933. The van der Waals surface area contributed by atoms with Gasteiger partial charge in [0, 0.05) is 16.8 Å². The summed E-state index contributed by atoms with van der Waals surface area (Å²) in [6.07, 6.45) is 5.62. The van der Waals surface area contributed by atoms with Crippen LogP contribution in [-0.2, 0) is 6.42 Å². The number of thioether (sulfide) groups is 1. The molecule has 0 bridgehead atoms. The first-order valence-corrected chi connectivity index (χ1v) is 6.91. The lowest BCUT2D eigenvalue weighted by atomic mass is 10.1. The maximum Gasteiger partial charge on any atom is 0.0638 e. The zero-order chi connectivity index (χ0) is 12.8. The third-order valence-electron chi connectivity index (χ3n) is 2.63. The van der Waals surface area contributed by atoms with Gasteiger partial charge in [0.05, 0.1) is 11.9 Å². The van der Waals surface area contributed by atoms with E-state index < -0.39 is 0 Å². The Morgan fingerprint density at radius 3 is 2.83 bits per heavy atom. The third-order valence-corrected chi connectivity index (χ3v) is 3.80. The largest absolute Gasteiger partial charge is 0.399 e. The van der Waals surface area contributed by atoms with Crippen LogP contribution in [0.4, 0.5) is 11.4 Å². The maximum atomic E-state index is 5.83. The van der Waals surface area contributed by atoms with E-state index in [9.17, 15) is 0 Å². The van der Waals surface area contributed by atoms with E-state index >= 15 is 0 Å². The lowest BCUT2D eigenvalue weighted by Crippen LogP contribution is -1.92. The Balaban J connectivity index is 1.78. The molecule has 0 saturated heterocycles. The predicted molar refractivity (Wildman–Crippen MR) is 78.5 cm³/mol. The van der Waals surface area contributed by atoms with Gasteiger partial charge in [0.25, 0.3) is 0 Å². The number of aromatic nitrogens is 1. The van der Waals surface area contributed by atoms with E-state index in [4.69, 9.17) is 11.5 Å². The fraction of sp³-hybridized carbons (Fsp3) is 0.214. The summed E-state index contributed by atoms with van der Waals surface area (Å²) in [6.45, 7) is 0. The summed E-state index contributed by atoms with van der Waals surface area (Å²) in [5.41, 5.74) is 14.5. The number of hydrogen-bond acceptors (Lipinski definition) is 4. The van der Waals surface area contributed by atoms with Crippen molar-refractivity contribution in [2.75, 3.05) is 17.2 Å². The van der Waals surface area contributed by atoms with Crippen molar-refractivity contribution in [3.8, 4) is 0 Å². The second-order valence-electron chi connectivity index (χ2n) is 4.11. The van der Waals surface area contributed by atoms with Gasteiger partial charge in [-0.1, -0.05) is 12.1 Å². The molecule has 1 aromatic carbocycles. The van der Waals surface area contributed by atoms with E-state index in [-0.39, 0.29) is 0 Å². The Bertz CT molecular complexity index is 514. The van der Waals surface area contributed by atoms with Crippen LogP contribution in [0, 0.1) is 0 Å². The summed E-state index contributed by atoms with van der Waals surface area (Å²) < 4.78 is 0. The van der Waals surface area contributed by atoms with Gasteiger partial charge in [-0.25, -0.2) is 0 Å². The molecule has 1 heterocycles. The summed E-state index contributed by atoms with van der Waals surface area (Å²) in [6, 6.07) is 10.0. The molecule has 0 atom stereocenters. The van der Waals surface area contributed by atoms with Gasteiger partial charge < -0.3 is 11.5 Å². The summed E-state index contributed by atoms with van der Waals surface area (Å²) in [4.78, 5) is 5.09. The molecule has 94 valence electrons. The first kappa shape index (κ1) is 12.8. The molecular formula is C14H17N3S. The van der Waals surface area contributed by atoms with Crippen LogP contribution in [0.3, 0.4) is 0 Å². The highest BCUT2D eigenvalue weighted by molar-refractivity contribution is 7.99. The van der Waals surface area contributed by atoms with Crippen LogP contribution in [0.5, 0.6) is 0 Å². The van der Waals surface area contributed by atoms with Gasteiger partial charge in [0.1, 0.15) is 0 Å². The minimum absolute atomic E-state index is 0.756. The summed E-state index contributed by atoms with van der Waals surface area (Å²) in [5.74, 6) is 1.04. The molecule has 4 N–H and O–H groups in total. The first-order chi connectivity index (χ1) is 8.75. The predicted octanol–water partition coefficient (Wildman–Crippen LogP) is 2.97. The average molecular weight is 259 g/mol. The van der Waals surface area contributed by atoms with Crippen molar-refractivity contribution in [1.82, 2.24) is 4.98 Å². The molecule has 1 aromatic heterocycles. The van der Waals surface area contributed by atoms with E-state index in [0.717, 1.165) is 34.9 Å². The zero-order valence-corrected chi connectivity index (χ0v) is 11.0. The van der Waals surface area contributed by atoms with Crippen LogP contribution >= 0.6 is 11.8 Å². The van der Waals surface area contributed by atoms with Crippen LogP contribution in [0.1, 0.15) is 12.0 Å². The van der Waals surface area contributed by atoms with E-state index in [1.165, 1.54) is 5.56 Å². The van der Waals surface area contributed by atoms with Crippen molar-refractivity contribution in [1.29, 1.82) is 0 Å². The molecule has 0 spiro atoms. The highest BCUT2D eigenvalue weighted by atomic mass is 32.2. The Morgan fingerprint density at radius 1 is 1.17 bits per heavy atom. The number of anilines is 2. The van der Waals surface area contributed by atoms with Gasteiger partial charge in [-0.2, -0.15) is 0 Å². The van der Waals surface area contributed by atoms with Gasteiger partial charge in [-0.15, -0.1) is 11.8 Å². The number of nitrogen functional groups attached to an aromatic ring is 2. The Labute approximate surface area is 112 Å². The van der Waals surface area contributed by atoms with Crippen molar-refractivity contribution >= 4 is 23.1 Å². The molecule has 0 aliphatic heterocycles. The maximum absolute atomic E-state index is 5.83. The van der Waals surface area contributed by atoms with Crippen LogP contribution in [0.15, 0.2) is 47.6 Å². The fourth-order valence-corrected chi connectivity index (χ4v) is 2.62. The molecule has 0 fully saturated rings. The van der Waals surface area contributed by atoms with Crippen molar-refractivity contribution < 1.29 is 0 Å². The van der Waals surface area contributed by atoms with E-state index in [1.807, 2.05) is 24.3 Å². The number of nitrogens with two attached hydrogens (primary N) is 2. The Morgan fingerprint density at radius 2 is 2.06 bits per heavy atom. The molecule has 3 nitrogen and oxygen atoms in total. The molecule has 4 heteroatoms. The standard InChI is InChI=1S/C14H17N3S/c15-12-5-1-3-11(9-12)4-2-8-18-14-6-7-17-10-13(14)16/h1,3,5-7,9-10H,2,4,8,15-16H2. The quantitative estimate of drug-likeness (QED) is 0.492. The normalized spacial score (nSPS) is 10.4. The van der Waals surface area contributed by atoms with Crippen LogP contribution < -0.4 is 11.5 Å². The van der Waals surface area contributed by atoms with Gasteiger partial charge >= 0.3 is 0 Å². The Hall–Kier alpha value is -1.68. The van der Waals surface area contributed by atoms with Crippen molar-refractivity contribution in [2.45, 2.75) is 17.7 Å². The number of benzene rings is 1. The second kappa shape index (κ2) is 6.31. The highest BCUT2D eigenvalue weighted by Crippen LogP contribution is 2.24. The van der Waals surface area contributed by atoms with Gasteiger partial charge in [-0.05, 0) is 42.4 Å². The van der Waals surface area contributed by atoms with Crippen molar-refractivity contribution in [3.63, 3.8) is 0 Å². The molecule has 0 aliphatic carbocycles.